The van der Waals surface area contributed by atoms with E-state index < -0.39 is 6.10 Å². The maximum absolute atomic E-state index is 10.8. The Labute approximate surface area is 149 Å². The summed E-state index contributed by atoms with van der Waals surface area (Å²) in [6.07, 6.45) is 4.17. The summed E-state index contributed by atoms with van der Waals surface area (Å²) >= 11 is 0. The fourth-order valence-corrected chi connectivity index (χ4v) is 4.14. The van der Waals surface area contributed by atoms with Gasteiger partial charge in [-0.25, -0.2) is 0 Å². The van der Waals surface area contributed by atoms with Crippen molar-refractivity contribution in [3.63, 3.8) is 0 Å². The number of aliphatic hydroxyl groups excluding tert-OH is 1. The Morgan fingerprint density at radius 3 is 2.17 bits per heavy atom. The van der Waals surface area contributed by atoms with Gasteiger partial charge in [0.05, 0.1) is 12.1 Å². The van der Waals surface area contributed by atoms with Crippen LogP contribution < -0.4 is 5.73 Å². The van der Waals surface area contributed by atoms with Gasteiger partial charge in [0.1, 0.15) is 0 Å². The smallest absolute Gasteiger partial charge is 0.0761 e. The molecule has 126 valence electrons. The van der Waals surface area contributed by atoms with Gasteiger partial charge in [0.15, 0.2) is 0 Å². The van der Waals surface area contributed by atoms with E-state index in [1.165, 1.54) is 29.0 Å². The standard InChI is InChI=1S/C21H23NO.ClH/c22-20(21(23)14-7-1-2-8-14)19-13-15-9-3-4-10-16(15)17-11-5-6-12-18(17)19;/h3-6,9-14,20-21,23H,1-2,7-8,22H2;1H/t20-,21+;/m0./s1. The van der Waals surface area contributed by atoms with E-state index in [1.54, 1.807) is 0 Å². The monoisotopic (exact) mass is 341 g/mol. The van der Waals surface area contributed by atoms with Crippen LogP contribution in [0.15, 0.2) is 54.6 Å². The van der Waals surface area contributed by atoms with Gasteiger partial charge in [-0.1, -0.05) is 61.4 Å². The molecule has 3 heteroatoms. The average Bonchev–Trinajstić information content (AvgIpc) is 3.14. The van der Waals surface area contributed by atoms with Gasteiger partial charge in [0, 0.05) is 0 Å². The first-order valence-electron chi connectivity index (χ1n) is 8.60. The molecular weight excluding hydrogens is 318 g/mol. The Hall–Kier alpha value is -1.61. The summed E-state index contributed by atoms with van der Waals surface area (Å²) in [6, 6.07) is 18.6. The van der Waals surface area contributed by atoms with Crippen molar-refractivity contribution in [2.75, 3.05) is 0 Å². The first kappa shape index (κ1) is 17.2. The van der Waals surface area contributed by atoms with E-state index in [-0.39, 0.29) is 18.4 Å². The number of hydrogen-bond donors (Lipinski definition) is 2. The predicted octanol–water partition coefficient (Wildman–Crippen LogP) is 4.97. The van der Waals surface area contributed by atoms with Crippen LogP contribution in [0, 0.1) is 5.92 Å². The lowest BCUT2D eigenvalue weighted by molar-refractivity contribution is 0.0850. The van der Waals surface area contributed by atoms with Crippen LogP contribution >= 0.6 is 12.4 Å². The molecule has 3 N–H and O–H groups in total. The van der Waals surface area contributed by atoms with Crippen molar-refractivity contribution in [3.8, 4) is 0 Å². The second kappa shape index (κ2) is 7.10. The summed E-state index contributed by atoms with van der Waals surface area (Å²) in [4.78, 5) is 0. The molecule has 0 amide bonds. The van der Waals surface area contributed by atoms with Gasteiger partial charge in [0.25, 0.3) is 0 Å². The van der Waals surface area contributed by atoms with Gasteiger partial charge in [-0.15, -0.1) is 12.4 Å². The van der Waals surface area contributed by atoms with Gasteiger partial charge >= 0.3 is 0 Å². The van der Waals surface area contributed by atoms with Crippen LogP contribution in [0.4, 0.5) is 0 Å². The van der Waals surface area contributed by atoms with Crippen LogP contribution in [-0.2, 0) is 0 Å². The molecule has 0 aromatic heterocycles. The highest BCUT2D eigenvalue weighted by Crippen LogP contribution is 2.36. The minimum absolute atomic E-state index is 0. The number of fused-ring (bicyclic) bond motifs is 3. The lowest BCUT2D eigenvalue weighted by Gasteiger charge is -2.26. The zero-order valence-corrected chi connectivity index (χ0v) is 14.5. The predicted molar refractivity (Wildman–Crippen MR) is 104 cm³/mol. The molecule has 0 heterocycles. The number of hydrogen-bond acceptors (Lipinski definition) is 2. The van der Waals surface area contributed by atoms with E-state index >= 15 is 0 Å². The fourth-order valence-electron chi connectivity index (χ4n) is 4.14. The fraction of sp³-hybridized carbons (Fsp3) is 0.333. The Kier molecular flexibility index (Phi) is 5.09. The number of nitrogens with two attached hydrogens (primary N) is 1. The van der Waals surface area contributed by atoms with Crippen LogP contribution in [0.5, 0.6) is 0 Å². The number of rotatable bonds is 3. The molecule has 1 aliphatic rings. The Balaban J connectivity index is 0.00000169. The third-order valence-corrected chi connectivity index (χ3v) is 5.41. The quantitative estimate of drug-likeness (QED) is 0.661. The molecule has 1 saturated carbocycles. The molecular formula is C21H24ClNO. The Morgan fingerprint density at radius 1 is 0.875 bits per heavy atom. The summed E-state index contributed by atoms with van der Waals surface area (Å²) in [5.41, 5.74) is 7.59. The average molecular weight is 342 g/mol. The van der Waals surface area contributed by atoms with E-state index in [4.69, 9.17) is 5.73 Å². The molecule has 3 aromatic rings. The first-order valence-corrected chi connectivity index (χ1v) is 8.60. The van der Waals surface area contributed by atoms with E-state index in [0.29, 0.717) is 5.92 Å². The SMILES string of the molecule is Cl.N[C@@H](c1cc2ccccc2c2ccccc12)[C@H](O)C1CCCC1. The molecule has 2 nitrogen and oxygen atoms in total. The van der Waals surface area contributed by atoms with Crippen molar-refractivity contribution in [2.45, 2.75) is 37.8 Å². The summed E-state index contributed by atoms with van der Waals surface area (Å²) in [5.74, 6) is 0.343. The third-order valence-electron chi connectivity index (χ3n) is 5.41. The molecule has 24 heavy (non-hydrogen) atoms. The summed E-state index contributed by atoms with van der Waals surface area (Å²) in [5, 5.41) is 15.6. The van der Waals surface area contributed by atoms with Crippen molar-refractivity contribution in [2.24, 2.45) is 11.7 Å². The highest BCUT2D eigenvalue weighted by atomic mass is 35.5. The van der Waals surface area contributed by atoms with Crippen LogP contribution in [-0.4, -0.2) is 11.2 Å². The highest BCUT2D eigenvalue weighted by Gasteiger charge is 2.29. The van der Waals surface area contributed by atoms with Gasteiger partial charge in [-0.3, -0.25) is 0 Å². The van der Waals surface area contributed by atoms with Crippen molar-refractivity contribution in [1.82, 2.24) is 0 Å². The molecule has 0 bridgehead atoms. The van der Waals surface area contributed by atoms with Crippen molar-refractivity contribution < 1.29 is 5.11 Å². The van der Waals surface area contributed by atoms with Gasteiger partial charge in [-0.2, -0.15) is 0 Å². The highest BCUT2D eigenvalue weighted by molar-refractivity contribution is 6.09. The number of halogens is 1. The molecule has 0 aliphatic heterocycles. The molecule has 0 radical (unpaired) electrons. The number of aliphatic hydroxyl groups is 1. The van der Waals surface area contributed by atoms with Crippen molar-refractivity contribution in [1.29, 1.82) is 0 Å². The molecule has 3 aromatic carbocycles. The zero-order chi connectivity index (χ0) is 15.8. The van der Waals surface area contributed by atoms with Crippen molar-refractivity contribution >= 4 is 34.0 Å². The normalized spacial score (nSPS) is 17.8. The minimum Gasteiger partial charge on any atom is -0.391 e. The van der Waals surface area contributed by atoms with Crippen LogP contribution in [0.2, 0.25) is 0 Å². The Morgan fingerprint density at radius 2 is 1.46 bits per heavy atom. The largest absolute Gasteiger partial charge is 0.391 e. The molecule has 1 fully saturated rings. The molecule has 1 aliphatic carbocycles. The van der Waals surface area contributed by atoms with Crippen LogP contribution in [0.1, 0.15) is 37.3 Å². The minimum atomic E-state index is -0.456. The molecule has 0 spiro atoms. The maximum Gasteiger partial charge on any atom is 0.0761 e. The van der Waals surface area contributed by atoms with Crippen molar-refractivity contribution in [3.05, 3.63) is 60.2 Å². The second-order valence-electron chi connectivity index (χ2n) is 6.79. The third kappa shape index (κ3) is 2.90. The Bertz CT molecular complexity index is 841. The van der Waals surface area contributed by atoms with E-state index in [9.17, 15) is 5.11 Å². The molecule has 0 saturated heterocycles. The van der Waals surface area contributed by atoms with Gasteiger partial charge < -0.3 is 10.8 Å². The van der Waals surface area contributed by atoms with Gasteiger partial charge in [-0.05, 0) is 51.9 Å². The zero-order valence-electron chi connectivity index (χ0n) is 13.7. The van der Waals surface area contributed by atoms with E-state index in [1.807, 2.05) is 0 Å². The molecule has 2 atom stereocenters. The van der Waals surface area contributed by atoms with E-state index in [0.717, 1.165) is 23.8 Å². The molecule has 4 rings (SSSR count). The number of benzene rings is 3. The topological polar surface area (TPSA) is 46.2 Å². The molecule has 0 unspecified atom stereocenters. The lowest BCUT2D eigenvalue weighted by atomic mass is 9.87. The summed E-state index contributed by atoms with van der Waals surface area (Å²) < 4.78 is 0. The van der Waals surface area contributed by atoms with Crippen LogP contribution in [0.3, 0.4) is 0 Å². The first-order chi connectivity index (χ1) is 11.3. The summed E-state index contributed by atoms with van der Waals surface area (Å²) in [7, 11) is 0. The lowest BCUT2D eigenvalue weighted by Crippen LogP contribution is -2.32. The van der Waals surface area contributed by atoms with Crippen LogP contribution in [0.25, 0.3) is 21.5 Å². The van der Waals surface area contributed by atoms with E-state index in [2.05, 4.69) is 54.6 Å². The second-order valence-corrected chi connectivity index (χ2v) is 6.79. The summed E-state index contributed by atoms with van der Waals surface area (Å²) in [6.45, 7) is 0. The van der Waals surface area contributed by atoms with Gasteiger partial charge in [0.2, 0.25) is 0 Å². The maximum atomic E-state index is 10.8.